The highest BCUT2D eigenvalue weighted by Gasteiger charge is 2.30. The van der Waals surface area contributed by atoms with E-state index in [1.165, 1.54) is 0 Å². The quantitative estimate of drug-likeness (QED) is 0.596. The van der Waals surface area contributed by atoms with Crippen LogP contribution in [0.5, 0.6) is 5.75 Å². The van der Waals surface area contributed by atoms with Gasteiger partial charge in [0.2, 0.25) is 5.91 Å². The highest BCUT2D eigenvalue weighted by atomic mass is 16.5. The molecule has 1 aliphatic heterocycles. The molecule has 2 unspecified atom stereocenters. The van der Waals surface area contributed by atoms with E-state index in [0.717, 1.165) is 5.56 Å². The van der Waals surface area contributed by atoms with Crippen LogP contribution in [0.2, 0.25) is 0 Å². The predicted molar refractivity (Wildman–Crippen MR) is 109 cm³/mol. The average molecular weight is 393 g/mol. The Hall–Kier alpha value is -3.32. The van der Waals surface area contributed by atoms with Crippen molar-refractivity contribution in [2.75, 3.05) is 6.54 Å². The Labute approximate surface area is 168 Å². The SMILES string of the molecule is Cc1oc2ccc(OCc3ccccc3)cc2c1C(=O)NC1CNC(C(N)=O)C1. The van der Waals surface area contributed by atoms with Crippen molar-refractivity contribution in [3.8, 4) is 5.75 Å². The van der Waals surface area contributed by atoms with Crippen molar-refractivity contribution in [1.29, 1.82) is 0 Å². The third kappa shape index (κ3) is 4.09. The van der Waals surface area contributed by atoms with Crippen LogP contribution in [-0.4, -0.2) is 30.4 Å². The van der Waals surface area contributed by atoms with Crippen molar-refractivity contribution in [1.82, 2.24) is 10.6 Å². The predicted octanol–water partition coefficient (Wildman–Crippen LogP) is 2.27. The molecule has 0 aliphatic carbocycles. The Morgan fingerprint density at radius 1 is 1.24 bits per heavy atom. The lowest BCUT2D eigenvalue weighted by Gasteiger charge is -2.11. The Bertz CT molecular complexity index is 1040. The minimum Gasteiger partial charge on any atom is -0.489 e. The number of primary amides is 1. The lowest BCUT2D eigenvalue weighted by atomic mass is 10.1. The number of hydrogen-bond donors (Lipinski definition) is 3. The van der Waals surface area contributed by atoms with Crippen molar-refractivity contribution in [2.24, 2.45) is 5.73 Å². The molecule has 150 valence electrons. The maximum absolute atomic E-state index is 12.9. The number of amides is 2. The number of hydrogen-bond acceptors (Lipinski definition) is 5. The van der Waals surface area contributed by atoms with Gasteiger partial charge in [-0.3, -0.25) is 9.59 Å². The summed E-state index contributed by atoms with van der Waals surface area (Å²) < 4.78 is 11.6. The maximum atomic E-state index is 12.9. The number of rotatable bonds is 6. The first-order valence-corrected chi connectivity index (χ1v) is 9.54. The van der Waals surface area contributed by atoms with E-state index in [4.69, 9.17) is 14.9 Å². The van der Waals surface area contributed by atoms with Crippen LogP contribution >= 0.6 is 0 Å². The normalized spacial score (nSPS) is 18.7. The van der Waals surface area contributed by atoms with Gasteiger partial charge in [-0.1, -0.05) is 30.3 Å². The summed E-state index contributed by atoms with van der Waals surface area (Å²) in [5.74, 6) is 0.549. The lowest BCUT2D eigenvalue weighted by Crippen LogP contribution is -2.36. The Morgan fingerprint density at radius 3 is 2.76 bits per heavy atom. The summed E-state index contributed by atoms with van der Waals surface area (Å²) in [6.45, 7) is 2.70. The largest absolute Gasteiger partial charge is 0.489 e. The summed E-state index contributed by atoms with van der Waals surface area (Å²) in [5, 5.41) is 6.68. The van der Waals surface area contributed by atoms with Gasteiger partial charge in [-0.25, -0.2) is 0 Å². The maximum Gasteiger partial charge on any atom is 0.255 e. The fourth-order valence-corrected chi connectivity index (χ4v) is 3.63. The number of ether oxygens (including phenoxy) is 1. The second-order valence-electron chi connectivity index (χ2n) is 7.23. The highest BCUT2D eigenvalue weighted by Crippen LogP contribution is 2.29. The molecule has 2 atom stereocenters. The van der Waals surface area contributed by atoms with Crippen LogP contribution in [0, 0.1) is 6.92 Å². The molecule has 0 bridgehead atoms. The molecule has 0 spiro atoms. The third-order valence-electron chi connectivity index (χ3n) is 5.12. The second kappa shape index (κ2) is 7.97. The van der Waals surface area contributed by atoms with E-state index in [1.54, 1.807) is 13.0 Å². The van der Waals surface area contributed by atoms with Gasteiger partial charge in [-0.2, -0.15) is 0 Å². The highest BCUT2D eigenvalue weighted by molar-refractivity contribution is 6.07. The van der Waals surface area contributed by atoms with Crippen molar-refractivity contribution in [2.45, 2.75) is 32.0 Å². The summed E-state index contributed by atoms with van der Waals surface area (Å²) in [7, 11) is 0. The van der Waals surface area contributed by atoms with E-state index < -0.39 is 11.9 Å². The molecule has 4 N–H and O–H groups in total. The summed E-state index contributed by atoms with van der Waals surface area (Å²) in [5.41, 5.74) is 7.49. The molecular weight excluding hydrogens is 370 g/mol. The zero-order chi connectivity index (χ0) is 20.4. The van der Waals surface area contributed by atoms with Crippen molar-refractivity contribution < 1.29 is 18.7 Å². The van der Waals surface area contributed by atoms with Crippen LogP contribution < -0.4 is 21.1 Å². The van der Waals surface area contributed by atoms with Gasteiger partial charge in [0.15, 0.2) is 0 Å². The minimum absolute atomic E-state index is 0.165. The zero-order valence-electron chi connectivity index (χ0n) is 16.1. The van der Waals surface area contributed by atoms with E-state index in [9.17, 15) is 9.59 Å². The molecule has 2 amide bonds. The molecule has 1 aromatic heterocycles. The van der Waals surface area contributed by atoms with Gasteiger partial charge in [0, 0.05) is 18.0 Å². The molecule has 0 saturated carbocycles. The molecule has 3 aromatic rings. The molecule has 1 saturated heterocycles. The third-order valence-corrected chi connectivity index (χ3v) is 5.12. The Morgan fingerprint density at radius 2 is 2.03 bits per heavy atom. The van der Waals surface area contributed by atoms with E-state index in [0.29, 0.717) is 47.6 Å². The molecule has 1 fully saturated rings. The van der Waals surface area contributed by atoms with Crippen LogP contribution in [0.1, 0.15) is 28.1 Å². The van der Waals surface area contributed by atoms with Gasteiger partial charge >= 0.3 is 0 Å². The molecule has 1 aliphatic rings. The van der Waals surface area contributed by atoms with Crippen LogP contribution in [-0.2, 0) is 11.4 Å². The Kier molecular flexibility index (Phi) is 5.22. The fourth-order valence-electron chi connectivity index (χ4n) is 3.63. The lowest BCUT2D eigenvalue weighted by molar-refractivity contribution is -0.119. The van der Waals surface area contributed by atoms with E-state index in [2.05, 4.69) is 10.6 Å². The van der Waals surface area contributed by atoms with E-state index in [-0.39, 0.29) is 11.9 Å². The van der Waals surface area contributed by atoms with Crippen LogP contribution in [0.3, 0.4) is 0 Å². The molecule has 7 nitrogen and oxygen atoms in total. The van der Waals surface area contributed by atoms with E-state index >= 15 is 0 Å². The fraction of sp³-hybridized carbons (Fsp3) is 0.273. The number of aryl methyl sites for hydroxylation is 1. The number of nitrogens with two attached hydrogens (primary N) is 1. The first-order chi connectivity index (χ1) is 14.0. The van der Waals surface area contributed by atoms with Gasteiger partial charge in [-0.15, -0.1) is 0 Å². The first-order valence-electron chi connectivity index (χ1n) is 9.54. The van der Waals surface area contributed by atoms with Crippen molar-refractivity contribution in [3.05, 3.63) is 65.4 Å². The van der Waals surface area contributed by atoms with Gasteiger partial charge < -0.3 is 25.5 Å². The van der Waals surface area contributed by atoms with Crippen LogP contribution in [0.4, 0.5) is 0 Å². The van der Waals surface area contributed by atoms with Gasteiger partial charge in [0.25, 0.3) is 5.91 Å². The number of fused-ring (bicyclic) bond motifs is 1. The van der Waals surface area contributed by atoms with Gasteiger partial charge in [-0.05, 0) is 37.1 Å². The number of carbonyl (C=O) groups excluding carboxylic acids is 2. The molecule has 2 aromatic carbocycles. The molecule has 29 heavy (non-hydrogen) atoms. The topological polar surface area (TPSA) is 107 Å². The van der Waals surface area contributed by atoms with Crippen LogP contribution in [0.15, 0.2) is 52.9 Å². The van der Waals surface area contributed by atoms with Gasteiger partial charge in [0.05, 0.1) is 11.6 Å². The molecule has 2 heterocycles. The number of furan rings is 1. The standard InChI is InChI=1S/C22H23N3O4/c1-13-20(22(27)25-15-9-18(21(23)26)24-11-15)17-10-16(7-8-19(17)29-13)28-12-14-5-3-2-4-6-14/h2-8,10,15,18,24H,9,11-12H2,1H3,(H2,23,26)(H,25,27). The molecular formula is C22H23N3O4. The Balaban J connectivity index is 1.51. The summed E-state index contributed by atoms with van der Waals surface area (Å²) in [4.78, 5) is 24.2. The monoisotopic (exact) mass is 393 g/mol. The number of benzene rings is 2. The van der Waals surface area contributed by atoms with Crippen molar-refractivity contribution in [3.63, 3.8) is 0 Å². The minimum atomic E-state index is -0.416. The smallest absolute Gasteiger partial charge is 0.255 e. The van der Waals surface area contributed by atoms with Gasteiger partial charge in [0.1, 0.15) is 23.7 Å². The number of carbonyl (C=O) groups is 2. The van der Waals surface area contributed by atoms with Crippen molar-refractivity contribution >= 4 is 22.8 Å². The van der Waals surface area contributed by atoms with Crippen LogP contribution in [0.25, 0.3) is 11.0 Å². The average Bonchev–Trinajstić information content (AvgIpc) is 3.30. The summed E-state index contributed by atoms with van der Waals surface area (Å²) in [6.07, 6.45) is 0.474. The van der Waals surface area contributed by atoms with E-state index in [1.807, 2.05) is 42.5 Å². The molecule has 7 heteroatoms. The summed E-state index contributed by atoms with van der Waals surface area (Å²) >= 11 is 0. The number of nitrogens with one attached hydrogen (secondary N) is 2. The first kappa shape index (κ1) is 19.0. The zero-order valence-corrected chi connectivity index (χ0v) is 16.1. The molecule has 0 radical (unpaired) electrons. The second-order valence-corrected chi connectivity index (χ2v) is 7.23. The molecule has 4 rings (SSSR count). The summed E-state index contributed by atoms with van der Waals surface area (Å²) in [6, 6.07) is 14.7.